The average molecular weight is 322 g/mol. The molecular formula is C14H12BrNO3. The summed E-state index contributed by atoms with van der Waals surface area (Å²) < 4.78 is 6.02. The van der Waals surface area contributed by atoms with Crippen molar-refractivity contribution in [3.8, 4) is 0 Å². The third-order valence-corrected chi connectivity index (χ3v) is 3.26. The summed E-state index contributed by atoms with van der Waals surface area (Å²) in [6.45, 7) is 0.841. The maximum absolute atomic E-state index is 10.8. The lowest BCUT2D eigenvalue weighted by molar-refractivity contribution is -0.385. The maximum Gasteiger partial charge on any atom is 0.283 e. The summed E-state index contributed by atoms with van der Waals surface area (Å²) in [5.41, 5.74) is 1.92. The van der Waals surface area contributed by atoms with Crippen molar-refractivity contribution in [1.29, 1.82) is 0 Å². The molecule has 0 heterocycles. The normalized spacial score (nSPS) is 10.4. The van der Waals surface area contributed by atoms with E-state index < -0.39 is 4.92 Å². The molecule has 0 saturated heterocycles. The summed E-state index contributed by atoms with van der Waals surface area (Å²) in [4.78, 5) is 10.4. The number of benzene rings is 2. The Morgan fingerprint density at radius 1 is 1.05 bits per heavy atom. The highest BCUT2D eigenvalue weighted by Gasteiger charge is 2.12. The number of hydrogen-bond donors (Lipinski definition) is 0. The first-order valence-corrected chi connectivity index (χ1v) is 6.50. The standard InChI is InChI=1S/C14H12BrNO3/c15-13-7-6-12(8-14(13)16(17)18)10-19-9-11-4-2-1-3-5-11/h1-8H,9-10H2. The molecule has 19 heavy (non-hydrogen) atoms. The molecule has 0 amide bonds. The van der Waals surface area contributed by atoms with E-state index in [2.05, 4.69) is 15.9 Å². The number of nitrogens with zero attached hydrogens (tertiary/aromatic N) is 1. The van der Waals surface area contributed by atoms with Gasteiger partial charge in [0.25, 0.3) is 5.69 Å². The summed E-state index contributed by atoms with van der Waals surface area (Å²) >= 11 is 3.15. The molecule has 4 nitrogen and oxygen atoms in total. The van der Waals surface area contributed by atoms with Gasteiger partial charge in [0.15, 0.2) is 0 Å². The molecule has 0 bridgehead atoms. The summed E-state index contributed by atoms with van der Waals surface area (Å²) in [5.74, 6) is 0. The van der Waals surface area contributed by atoms with Gasteiger partial charge in [-0.1, -0.05) is 36.4 Å². The predicted molar refractivity (Wildman–Crippen MR) is 75.7 cm³/mol. The second kappa shape index (κ2) is 6.45. The van der Waals surface area contributed by atoms with Crippen molar-refractivity contribution >= 4 is 21.6 Å². The van der Waals surface area contributed by atoms with E-state index in [4.69, 9.17) is 4.74 Å². The fraction of sp³-hybridized carbons (Fsp3) is 0.143. The van der Waals surface area contributed by atoms with Crippen LogP contribution in [-0.2, 0) is 18.0 Å². The van der Waals surface area contributed by atoms with Crippen LogP contribution in [0.5, 0.6) is 0 Å². The highest BCUT2D eigenvalue weighted by molar-refractivity contribution is 9.10. The first-order valence-electron chi connectivity index (χ1n) is 5.71. The number of nitro benzene ring substituents is 1. The van der Waals surface area contributed by atoms with E-state index >= 15 is 0 Å². The second-order valence-corrected chi connectivity index (χ2v) is 4.88. The third-order valence-electron chi connectivity index (χ3n) is 2.59. The molecule has 0 aliphatic heterocycles. The van der Waals surface area contributed by atoms with Gasteiger partial charge in [-0.25, -0.2) is 0 Å². The minimum absolute atomic E-state index is 0.0563. The summed E-state index contributed by atoms with van der Waals surface area (Å²) in [7, 11) is 0. The van der Waals surface area contributed by atoms with Crippen LogP contribution in [0.3, 0.4) is 0 Å². The first kappa shape index (κ1) is 13.7. The van der Waals surface area contributed by atoms with Crippen molar-refractivity contribution in [2.24, 2.45) is 0 Å². The molecule has 98 valence electrons. The van der Waals surface area contributed by atoms with E-state index in [0.29, 0.717) is 17.7 Å². The van der Waals surface area contributed by atoms with Crippen LogP contribution in [0.25, 0.3) is 0 Å². The maximum atomic E-state index is 10.8. The average Bonchev–Trinajstić information content (AvgIpc) is 2.41. The van der Waals surface area contributed by atoms with Gasteiger partial charge < -0.3 is 4.74 Å². The van der Waals surface area contributed by atoms with Crippen molar-refractivity contribution < 1.29 is 9.66 Å². The highest BCUT2D eigenvalue weighted by atomic mass is 79.9. The van der Waals surface area contributed by atoms with Gasteiger partial charge in [0.1, 0.15) is 0 Å². The zero-order valence-corrected chi connectivity index (χ0v) is 11.7. The van der Waals surface area contributed by atoms with Crippen LogP contribution in [-0.4, -0.2) is 4.92 Å². The molecule has 2 rings (SSSR count). The smallest absolute Gasteiger partial charge is 0.283 e. The Morgan fingerprint density at radius 3 is 2.42 bits per heavy atom. The molecule has 0 fully saturated rings. The van der Waals surface area contributed by atoms with Crippen molar-refractivity contribution in [3.05, 3.63) is 74.2 Å². The van der Waals surface area contributed by atoms with E-state index in [1.54, 1.807) is 6.07 Å². The Hall–Kier alpha value is -1.72. The molecule has 0 aromatic heterocycles. The zero-order valence-electron chi connectivity index (χ0n) is 10.1. The molecular weight excluding hydrogens is 310 g/mol. The zero-order chi connectivity index (χ0) is 13.7. The molecule has 0 atom stereocenters. The van der Waals surface area contributed by atoms with Gasteiger partial charge in [0, 0.05) is 6.07 Å². The lowest BCUT2D eigenvalue weighted by Gasteiger charge is -2.05. The molecule has 0 aliphatic carbocycles. The minimum Gasteiger partial charge on any atom is -0.372 e. The van der Waals surface area contributed by atoms with Crippen molar-refractivity contribution in [2.45, 2.75) is 13.2 Å². The Balaban J connectivity index is 1.97. The molecule has 0 radical (unpaired) electrons. The largest absolute Gasteiger partial charge is 0.372 e. The lowest BCUT2D eigenvalue weighted by atomic mass is 10.2. The van der Waals surface area contributed by atoms with E-state index in [1.807, 2.05) is 36.4 Å². The van der Waals surface area contributed by atoms with Crippen LogP contribution in [0.15, 0.2) is 53.0 Å². The van der Waals surface area contributed by atoms with Gasteiger partial charge >= 0.3 is 0 Å². The van der Waals surface area contributed by atoms with E-state index in [9.17, 15) is 10.1 Å². The summed E-state index contributed by atoms with van der Waals surface area (Å²) in [5, 5.41) is 10.8. The number of nitro groups is 1. The van der Waals surface area contributed by atoms with Crippen LogP contribution >= 0.6 is 15.9 Å². The molecule has 2 aromatic carbocycles. The van der Waals surface area contributed by atoms with Gasteiger partial charge in [0.2, 0.25) is 0 Å². The fourth-order valence-electron chi connectivity index (χ4n) is 1.65. The number of hydrogen-bond acceptors (Lipinski definition) is 3. The fourth-order valence-corrected chi connectivity index (χ4v) is 2.04. The minimum atomic E-state index is -0.412. The van der Waals surface area contributed by atoms with Crippen LogP contribution in [0, 0.1) is 10.1 Å². The molecule has 0 unspecified atom stereocenters. The summed E-state index contributed by atoms with van der Waals surface area (Å²) in [6.07, 6.45) is 0. The van der Waals surface area contributed by atoms with Crippen molar-refractivity contribution in [3.63, 3.8) is 0 Å². The van der Waals surface area contributed by atoms with Gasteiger partial charge in [0.05, 0.1) is 22.6 Å². The monoisotopic (exact) mass is 321 g/mol. The van der Waals surface area contributed by atoms with Gasteiger partial charge in [-0.3, -0.25) is 10.1 Å². The molecule has 0 saturated carbocycles. The van der Waals surface area contributed by atoms with Gasteiger partial charge in [-0.15, -0.1) is 0 Å². The van der Waals surface area contributed by atoms with E-state index in [0.717, 1.165) is 11.1 Å². The van der Waals surface area contributed by atoms with E-state index in [1.165, 1.54) is 6.07 Å². The molecule has 0 spiro atoms. The summed E-state index contributed by atoms with van der Waals surface area (Å²) in [6, 6.07) is 14.8. The van der Waals surface area contributed by atoms with Crippen LogP contribution in [0.4, 0.5) is 5.69 Å². The van der Waals surface area contributed by atoms with Crippen LogP contribution < -0.4 is 0 Å². The molecule has 0 aliphatic rings. The second-order valence-electron chi connectivity index (χ2n) is 4.02. The predicted octanol–water partition coefficient (Wildman–Crippen LogP) is 4.07. The number of ether oxygens (including phenoxy) is 1. The first-order chi connectivity index (χ1) is 9.16. The molecule has 2 aromatic rings. The topological polar surface area (TPSA) is 52.4 Å². The SMILES string of the molecule is O=[N+]([O-])c1cc(COCc2ccccc2)ccc1Br. The Morgan fingerprint density at radius 2 is 1.74 bits per heavy atom. The Kier molecular flexibility index (Phi) is 4.65. The van der Waals surface area contributed by atoms with E-state index in [-0.39, 0.29) is 5.69 Å². The quantitative estimate of drug-likeness (QED) is 0.616. The number of rotatable bonds is 5. The van der Waals surface area contributed by atoms with Crippen LogP contribution in [0.2, 0.25) is 0 Å². The van der Waals surface area contributed by atoms with Crippen molar-refractivity contribution in [2.75, 3.05) is 0 Å². The Bertz CT molecular complexity index is 572. The number of halogens is 1. The molecule has 5 heteroatoms. The Labute approximate surface area is 119 Å². The van der Waals surface area contributed by atoms with Gasteiger partial charge in [-0.05, 0) is 33.1 Å². The van der Waals surface area contributed by atoms with Gasteiger partial charge in [-0.2, -0.15) is 0 Å². The highest BCUT2D eigenvalue weighted by Crippen LogP contribution is 2.25. The van der Waals surface area contributed by atoms with Crippen molar-refractivity contribution in [1.82, 2.24) is 0 Å². The molecule has 0 N–H and O–H groups in total. The van der Waals surface area contributed by atoms with Crippen LogP contribution in [0.1, 0.15) is 11.1 Å². The third kappa shape index (κ3) is 3.87. The lowest BCUT2D eigenvalue weighted by Crippen LogP contribution is -1.96.